The molecule has 2 heterocycles. The number of rotatable bonds is 8. The highest BCUT2D eigenvalue weighted by Crippen LogP contribution is 2.30. The normalized spacial score (nSPS) is 14.7. The van der Waals surface area contributed by atoms with E-state index >= 15 is 0 Å². The van der Waals surface area contributed by atoms with E-state index in [4.69, 9.17) is 0 Å². The molecule has 2 aromatic carbocycles. The second-order valence-corrected chi connectivity index (χ2v) is 10.1. The summed E-state index contributed by atoms with van der Waals surface area (Å²) in [5.41, 5.74) is 3.64. The Morgan fingerprint density at radius 3 is 2.46 bits per heavy atom. The lowest BCUT2D eigenvalue weighted by atomic mass is 10.1. The van der Waals surface area contributed by atoms with Crippen molar-refractivity contribution in [3.05, 3.63) is 83.0 Å². The van der Waals surface area contributed by atoms with Crippen molar-refractivity contribution < 1.29 is 19.2 Å². The molecular formula is C29H27N5O4S. The third-order valence-electron chi connectivity index (χ3n) is 6.22. The first-order valence-electron chi connectivity index (χ1n) is 12.3. The topological polar surface area (TPSA) is 123 Å². The van der Waals surface area contributed by atoms with E-state index in [1.807, 2.05) is 50.2 Å². The number of nitrogens with zero attached hydrogens (tertiary/aromatic N) is 4. The Kier molecular flexibility index (Phi) is 8.42. The second kappa shape index (κ2) is 11.9. The van der Waals surface area contributed by atoms with Gasteiger partial charge in [-0.05, 0) is 55.3 Å². The molecule has 4 rings (SSSR count). The van der Waals surface area contributed by atoms with Crippen molar-refractivity contribution in [3.63, 3.8) is 0 Å². The van der Waals surface area contributed by atoms with Crippen molar-refractivity contribution in [3.8, 4) is 6.07 Å². The Labute approximate surface area is 230 Å². The molecule has 198 valence electrons. The molecule has 0 spiro atoms. The number of nitrogens with one attached hydrogen (secondary N) is 1. The van der Waals surface area contributed by atoms with Crippen molar-refractivity contribution >= 4 is 46.8 Å². The number of carbonyl (C=O) groups excluding carboxylic acids is 4. The summed E-state index contributed by atoms with van der Waals surface area (Å²) >= 11 is 1.14. The Morgan fingerprint density at radius 2 is 1.82 bits per heavy atom. The van der Waals surface area contributed by atoms with Crippen LogP contribution in [-0.2, 0) is 25.7 Å². The standard InChI is InChI=1S/C29H27N5O4S/c1-18-13-19(2)31-28(24(18)15-30)39-17-27(37)33(16-21-7-5-4-6-8-21)25-14-26(36)34(29(25)38)23-11-9-22(10-12-23)32-20(3)35/h4-13,25H,14,16-17H2,1-3H3,(H,32,35). The van der Waals surface area contributed by atoms with Crippen molar-refractivity contribution in [1.82, 2.24) is 9.88 Å². The second-order valence-electron chi connectivity index (χ2n) is 9.18. The van der Waals surface area contributed by atoms with E-state index in [0.717, 1.165) is 33.5 Å². The Hall–Kier alpha value is -4.49. The van der Waals surface area contributed by atoms with Gasteiger partial charge in [0.2, 0.25) is 17.7 Å². The summed E-state index contributed by atoms with van der Waals surface area (Å²) < 4.78 is 0. The lowest BCUT2D eigenvalue weighted by molar-refractivity contribution is -0.136. The number of carbonyl (C=O) groups is 4. The summed E-state index contributed by atoms with van der Waals surface area (Å²) in [5.74, 6) is -1.55. The quantitative estimate of drug-likeness (QED) is 0.338. The van der Waals surface area contributed by atoms with Crippen LogP contribution in [0.15, 0.2) is 65.7 Å². The molecule has 1 aliphatic rings. The fourth-order valence-corrected chi connectivity index (χ4v) is 5.42. The summed E-state index contributed by atoms with van der Waals surface area (Å²) in [4.78, 5) is 58.4. The van der Waals surface area contributed by atoms with E-state index in [2.05, 4.69) is 16.4 Å². The maximum atomic E-state index is 13.6. The zero-order chi connectivity index (χ0) is 28.1. The van der Waals surface area contributed by atoms with E-state index in [9.17, 15) is 24.4 Å². The Morgan fingerprint density at radius 1 is 1.13 bits per heavy atom. The number of hydrogen-bond donors (Lipinski definition) is 1. The molecule has 0 radical (unpaired) electrons. The zero-order valence-corrected chi connectivity index (χ0v) is 22.6. The minimum Gasteiger partial charge on any atom is -0.326 e. The number of nitriles is 1. The van der Waals surface area contributed by atoms with Crippen LogP contribution in [0.1, 0.15) is 35.7 Å². The van der Waals surface area contributed by atoms with Gasteiger partial charge in [0.1, 0.15) is 17.1 Å². The zero-order valence-electron chi connectivity index (χ0n) is 21.8. The van der Waals surface area contributed by atoms with Crippen LogP contribution in [0.2, 0.25) is 0 Å². The van der Waals surface area contributed by atoms with Crippen molar-refractivity contribution in [2.45, 2.75) is 44.8 Å². The molecule has 1 N–H and O–H groups in total. The minimum absolute atomic E-state index is 0.0548. The first-order chi connectivity index (χ1) is 18.7. The Balaban J connectivity index is 1.59. The molecule has 10 heteroatoms. The number of benzene rings is 2. The molecule has 1 fully saturated rings. The van der Waals surface area contributed by atoms with Gasteiger partial charge in [0, 0.05) is 24.8 Å². The monoisotopic (exact) mass is 541 g/mol. The summed E-state index contributed by atoms with van der Waals surface area (Å²) in [5, 5.41) is 12.7. The number of hydrogen-bond acceptors (Lipinski definition) is 7. The summed E-state index contributed by atoms with van der Waals surface area (Å²) in [6, 6.07) is 18.6. The fourth-order valence-electron chi connectivity index (χ4n) is 4.44. The van der Waals surface area contributed by atoms with E-state index in [1.165, 1.54) is 11.8 Å². The van der Waals surface area contributed by atoms with Crippen LogP contribution in [0.25, 0.3) is 0 Å². The first kappa shape index (κ1) is 27.5. The largest absolute Gasteiger partial charge is 0.326 e. The molecule has 0 aliphatic carbocycles. The average molecular weight is 542 g/mol. The maximum Gasteiger partial charge on any atom is 0.257 e. The molecule has 9 nitrogen and oxygen atoms in total. The highest BCUT2D eigenvalue weighted by atomic mass is 32.2. The van der Waals surface area contributed by atoms with E-state index in [1.54, 1.807) is 24.3 Å². The number of thioether (sulfide) groups is 1. The van der Waals surface area contributed by atoms with Gasteiger partial charge in [0.05, 0.1) is 23.4 Å². The molecule has 1 atom stereocenters. The average Bonchev–Trinajstić information content (AvgIpc) is 3.19. The first-order valence-corrected chi connectivity index (χ1v) is 13.3. The van der Waals surface area contributed by atoms with Crippen molar-refractivity contribution in [2.24, 2.45) is 0 Å². The lowest BCUT2D eigenvalue weighted by Gasteiger charge is -2.28. The van der Waals surface area contributed by atoms with Crippen LogP contribution in [0.5, 0.6) is 0 Å². The highest BCUT2D eigenvalue weighted by Gasteiger charge is 2.44. The number of aryl methyl sites for hydroxylation is 2. The lowest BCUT2D eigenvalue weighted by Crippen LogP contribution is -2.45. The van der Waals surface area contributed by atoms with Gasteiger partial charge >= 0.3 is 0 Å². The van der Waals surface area contributed by atoms with E-state index in [0.29, 0.717) is 22.0 Å². The van der Waals surface area contributed by atoms with Crippen LogP contribution < -0.4 is 10.2 Å². The van der Waals surface area contributed by atoms with Crippen LogP contribution in [-0.4, -0.2) is 45.3 Å². The van der Waals surface area contributed by atoms with Crippen molar-refractivity contribution in [2.75, 3.05) is 16.0 Å². The van der Waals surface area contributed by atoms with Gasteiger partial charge in [-0.25, -0.2) is 9.88 Å². The predicted molar refractivity (Wildman–Crippen MR) is 148 cm³/mol. The summed E-state index contributed by atoms with van der Waals surface area (Å²) in [7, 11) is 0. The van der Waals surface area contributed by atoms with Gasteiger partial charge in [0.25, 0.3) is 5.91 Å². The SMILES string of the molecule is CC(=O)Nc1ccc(N2C(=O)CC(N(Cc3ccccc3)C(=O)CSc3nc(C)cc(C)c3C#N)C2=O)cc1. The van der Waals surface area contributed by atoms with Gasteiger partial charge < -0.3 is 10.2 Å². The highest BCUT2D eigenvalue weighted by molar-refractivity contribution is 8.00. The molecule has 3 aromatic rings. The molecule has 4 amide bonds. The van der Waals surface area contributed by atoms with Crippen LogP contribution in [0.4, 0.5) is 11.4 Å². The Bertz CT molecular complexity index is 1470. The molecule has 1 unspecified atom stereocenters. The molecule has 0 bridgehead atoms. The van der Waals surface area contributed by atoms with Gasteiger partial charge in [-0.1, -0.05) is 42.1 Å². The third-order valence-corrected chi connectivity index (χ3v) is 7.18. The molecule has 1 saturated heterocycles. The van der Waals surface area contributed by atoms with Gasteiger partial charge in [0.15, 0.2) is 0 Å². The summed E-state index contributed by atoms with van der Waals surface area (Å²) in [6.45, 7) is 5.17. The molecule has 39 heavy (non-hydrogen) atoms. The molecule has 0 saturated carbocycles. The fraction of sp³-hybridized carbons (Fsp3) is 0.241. The minimum atomic E-state index is -0.983. The predicted octanol–water partition coefficient (Wildman–Crippen LogP) is 3.98. The maximum absolute atomic E-state index is 13.6. The van der Waals surface area contributed by atoms with Gasteiger partial charge in [-0.3, -0.25) is 19.2 Å². The smallest absolute Gasteiger partial charge is 0.257 e. The summed E-state index contributed by atoms with van der Waals surface area (Å²) in [6.07, 6.45) is -0.152. The molecular weight excluding hydrogens is 514 g/mol. The van der Waals surface area contributed by atoms with Crippen LogP contribution in [0.3, 0.4) is 0 Å². The molecule has 1 aromatic heterocycles. The number of pyridine rings is 1. The van der Waals surface area contributed by atoms with Gasteiger partial charge in [-0.15, -0.1) is 0 Å². The molecule has 1 aliphatic heterocycles. The number of amides is 4. The van der Waals surface area contributed by atoms with Crippen molar-refractivity contribution in [1.29, 1.82) is 5.26 Å². The van der Waals surface area contributed by atoms with Gasteiger partial charge in [-0.2, -0.15) is 5.26 Å². The number of anilines is 2. The number of imide groups is 1. The van der Waals surface area contributed by atoms with Crippen LogP contribution >= 0.6 is 11.8 Å². The third kappa shape index (κ3) is 6.33. The van der Waals surface area contributed by atoms with Crippen LogP contribution in [0, 0.1) is 25.2 Å². The van der Waals surface area contributed by atoms with E-state index < -0.39 is 17.9 Å². The number of aromatic nitrogens is 1. The van der Waals surface area contributed by atoms with E-state index in [-0.39, 0.29) is 30.5 Å².